The maximum atomic E-state index is 5.75. The third-order valence-corrected chi connectivity index (χ3v) is 5.48. The Morgan fingerprint density at radius 3 is 2.71 bits per heavy atom. The second-order valence-electron chi connectivity index (χ2n) is 7.53. The van der Waals surface area contributed by atoms with Gasteiger partial charge in [-0.2, -0.15) is 0 Å². The molecule has 0 spiro atoms. The van der Waals surface area contributed by atoms with Crippen LogP contribution in [-0.4, -0.2) is 74.3 Å². The van der Waals surface area contributed by atoms with Gasteiger partial charge in [-0.15, -0.1) is 0 Å². The maximum absolute atomic E-state index is 5.75. The highest BCUT2D eigenvalue weighted by Gasteiger charge is 2.30. The number of aliphatic imine (C=N–C) groups is 1. The van der Waals surface area contributed by atoms with E-state index in [0.29, 0.717) is 19.2 Å². The molecule has 2 aliphatic heterocycles. The van der Waals surface area contributed by atoms with Crippen molar-refractivity contribution in [2.24, 2.45) is 4.99 Å². The van der Waals surface area contributed by atoms with Gasteiger partial charge in [0.15, 0.2) is 5.96 Å². The van der Waals surface area contributed by atoms with Gasteiger partial charge in [-0.1, -0.05) is 31.2 Å². The number of morpholine rings is 1. The van der Waals surface area contributed by atoms with Gasteiger partial charge in [0.2, 0.25) is 0 Å². The van der Waals surface area contributed by atoms with Crippen molar-refractivity contribution in [3.63, 3.8) is 0 Å². The van der Waals surface area contributed by atoms with Crippen LogP contribution in [0.4, 0.5) is 0 Å². The fraction of sp³-hybridized carbons (Fsp3) is 0.682. The first-order chi connectivity index (χ1) is 13.8. The first kappa shape index (κ1) is 21.1. The molecule has 6 heteroatoms. The second kappa shape index (κ2) is 11.4. The van der Waals surface area contributed by atoms with Crippen LogP contribution in [0.15, 0.2) is 29.3 Å². The number of likely N-dealkylation sites (tertiary alicyclic amines) is 1. The lowest BCUT2D eigenvalue weighted by Gasteiger charge is -2.32. The maximum Gasteiger partial charge on any atom is 0.194 e. The first-order valence-electron chi connectivity index (χ1n) is 10.8. The SMILES string of the molecule is CCCOCc1ccccc1CN=C(NCC)N1CCC(N2CCOCC2)C1. The van der Waals surface area contributed by atoms with Gasteiger partial charge in [-0.3, -0.25) is 4.90 Å². The van der Waals surface area contributed by atoms with Gasteiger partial charge in [0.25, 0.3) is 0 Å². The van der Waals surface area contributed by atoms with E-state index in [1.807, 2.05) is 0 Å². The molecule has 2 heterocycles. The van der Waals surface area contributed by atoms with E-state index in [1.165, 1.54) is 17.5 Å². The molecule has 3 rings (SSSR count). The van der Waals surface area contributed by atoms with Crippen LogP contribution in [-0.2, 0) is 22.6 Å². The van der Waals surface area contributed by atoms with E-state index in [-0.39, 0.29) is 0 Å². The van der Waals surface area contributed by atoms with Gasteiger partial charge in [0.05, 0.1) is 26.4 Å². The van der Waals surface area contributed by atoms with Crippen molar-refractivity contribution >= 4 is 5.96 Å². The highest BCUT2D eigenvalue weighted by atomic mass is 16.5. The fourth-order valence-corrected chi connectivity index (χ4v) is 3.94. The number of ether oxygens (including phenoxy) is 2. The van der Waals surface area contributed by atoms with Crippen LogP contribution in [0.2, 0.25) is 0 Å². The summed E-state index contributed by atoms with van der Waals surface area (Å²) >= 11 is 0. The van der Waals surface area contributed by atoms with Crippen LogP contribution < -0.4 is 5.32 Å². The molecule has 0 amide bonds. The number of rotatable bonds is 8. The van der Waals surface area contributed by atoms with E-state index in [4.69, 9.17) is 14.5 Å². The zero-order valence-corrected chi connectivity index (χ0v) is 17.5. The molecule has 1 unspecified atom stereocenters. The van der Waals surface area contributed by atoms with E-state index in [9.17, 15) is 0 Å². The summed E-state index contributed by atoms with van der Waals surface area (Å²) in [6.07, 6.45) is 2.25. The molecule has 0 saturated carbocycles. The summed E-state index contributed by atoms with van der Waals surface area (Å²) in [6.45, 7) is 13.3. The Morgan fingerprint density at radius 2 is 1.96 bits per heavy atom. The van der Waals surface area contributed by atoms with E-state index in [1.54, 1.807) is 0 Å². The number of nitrogens with one attached hydrogen (secondary N) is 1. The average Bonchev–Trinajstić information content (AvgIpc) is 3.23. The molecule has 1 atom stereocenters. The van der Waals surface area contributed by atoms with Crippen molar-refractivity contribution in [1.82, 2.24) is 15.1 Å². The normalized spacial score (nSPS) is 21.3. The molecule has 2 fully saturated rings. The Morgan fingerprint density at radius 1 is 1.18 bits per heavy atom. The van der Waals surface area contributed by atoms with Gasteiger partial charge < -0.3 is 19.7 Å². The van der Waals surface area contributed by atoms with Crippen LogP contribution in [0.5, 0.6) is 0 Å². The third kappa shape index (κ3) is 5.93. The van der Waals surface area contributed by atoms with E-state index in [2.05, 4.69) is 53.2 Å². The minimum absolute atomic E-state index is 0.613. The predicted molar refractivity (Wildman–Crippen MR) is 114 cm³/mol. The average molecular weight is 389 g/mol. The molecule has 2 aliphatic rings. The van der Waals surface area contributed by atoms with E-state index >= 15 is 0 Å². The Bertz CT molecular complexity index is 616. The summed E-state index contributed by atoms with van der Waals surface area (Å²) in [4.78, 5) is 9.96. The molecule has 6 nitrogen and oxygen atoms in total. The monoisotopic (exact) mass is 388 g/mol. The molecule has 0 aliphatic carbocycles. The zero-order valence-electron chi connectivity index (χ0n) is 17.5. The van der Waals surface area contributed by atoms with Crippen molar-refractivity contribution in [1.29, 1.82) is 0 Å². The Hall–Kier alpha value is -1.63. The summed E-state index contributed by atoms with van der Waals surface area (Å²) in [5.74, 6) is 1.03. The Labute approximate surface area is 169 Å². The van der Waals surface area contributed by atoms with Crippen molar-refractivity contribution in [2.75, 3.05) is 52.5 Å². The highest BCUT2D eigenvalue weighted by molar-refractivity contribution is 5.80. The molecular weight excluding hydrogens is 352 g/mol. The summed E-state index contributed by atoms with van der Waals surface area (Å²) in [7, 11) is 0. The molecule has 28 heavy (non-hydrogen) atoms. The van der Waals surface area contributed by atoms with Gasteiger partial charge in [-0.25, -0.2) is 4.99 Å². The largest absolute Gasteiger partial charge is 0.379 e. The van der Waals surface area contributed by atoms with E-state index < -0.39 is 0 Å². The summed E-state index contributed by atoms with van der Waals surface area (Å²) < 4.78 is 11.3. The van der Waals surface area contributed by atoms with Crippen LogP contribution in [0.3, 0.4) is 0 Å². The quantitative estimate of drug-likeness (QED) is 0.421. The first-order valence-corrected chi connectivity index (χ1v) is 10.8. The Balaban J connectivity index is 1.61. The molecule has 1 N–H and O–H groups in total. The van der Waals surface area contributed by atoms with Crippen LogP contribution in [0, 0.1) is 0 Å². The molecule has 0 bridgehead atoms. The number of hydrogen-bond donors (Lipinski definition) is 1. The molecule has 156 valence electrons. The molecule has 1 aromatic rings. The fourth-order valence-electron chi connectivity index (χ4n) is 3.94. The van der Waals surface area contributed by atoms with Crippen LogP contribution in [0.25, 0.3) is 0 Å². The van der Waals surface area contributed by atoms with Gasteiger partial charge in [0, 0.05) is 45.4 Å². The van der Waals surface area contributed by atoms with Crippen LogP contribution >= 0.6 is 0 Å². The molecular formula is C22H36N4O2. The lowest BCUT2D eigenvalue weighted by Crippen LogP contribution is -2.46. The second-order valence-corrected chi connectivity index (χ2v) is 7.53. The lowest BCUT2D eigenvalue weighted by molar-refractivity contribution is 0.0195. The number of hydrogen-bond acceptors (Lipinski definition) is 4. The minimum Gasteiger partial charge on any atom is -0.379 e. The van der Waals surface area contributed by atoms with Gasteiger partial charge >= 0.3 is 0 Å². The molecule has 1 aromatic carbocycles. The topological polar surface area (TPSA) is 49.3 Å². The standard InChI is InChI=1S/C22H36N4O2/c1-3-13-28-18-20-8-6-5-7-19(20)16-24-22(23-4-2)26-10-9-21(17-26)25-11-14-27-15-12-25/h5-8,21H,3-4,9-18H2,1-2H3,(H,23,24). The summed E-state index contributed by atoms with van der Waals surface area (Å²) in [5, 5.41) is 3.49. The predicted octanol–water partition coefficient (Wildman–Crippen LogP) is 2.49. The summed E-state index contributed by atoms with van der Waals surface area (Å²) in [6, 6.07) is 9.10. The highest BCUT2D eigenvalue weighted by Crippen LogP contribution is 2.18. The van der Waals surface area contributed by atoms with Gasteiger partial charge in [-0.05, 0) is 30.9 Å². The number of guanidine groups is 1. The Kier molecular flexibility index (Phi) is 8.58. The lowest BCUT2D eigenvalue weighted by atomic mass is 10.1. The molecule has 2 saturated heterocycles. The third-order valence-electron chi connectivity index (χ3n) is 5.48. The molecule has 0 aromatic heterocycles. The molecule has 0 radical (unpaired) electrons. The van der Waals surface area contributed by atoms with Crippen molar-refractivity contribution in [3.8, 4) is 0 Å². The van der Waals surface area contributed by atoms with Crippen LogP contribution in [0.1, 0.15) is 37.8 Å². The van der Waals surface area contributed by atoms with Crippen molar-refractivity contribution in [3.05, 3.63) is 35.4 Å². The number of nitrogens with zero attached hydrogens (tertiary/aromatic N) is 3. The smallest absolute Gasteiger partial charge is 0.194 e. The van der Waals surface area contributed by atoms with Crippen molar-refractivity contribution < 1.29 is 9.47 Å². The van der Waals surface area contributed by atoms with E-state index in [0.717, 1.165) is 64.9 Å². The van der Waals surface area contributed by atoms with Crippen molar-refractivity contribution in [2.45, 2.75) is 45.9 Å². The van der Waals surface area contributed by atoms with Gasteiger partial charge in [0.1, 0.15) is 0 Å². The minimum atomic E-state index is 0.613. The summed E-state index contributed by atoms with van der Waals surface area (Å²) in [5.41, 5.74) is 2.49. The number of benzene rings is 1. The zero-order chi connectivity index (χ0) is 19.6.